The van der Waals surface area contributed by atoms with E-state index in [4.69, 9.17) is 4.74 Å². The Labute approximate surface area is 132 Å². The molecule has 1 aliphatic rings. The second-order valence-corrected chi connectivity index (χ2v) is 5.32. The molecule has 116 valence electrons. The van der Waals surface area contributed by atoms with E-state index in [2.05, 4.69) is 4.74 Å². The van der Waals surface area contributed by atoms with Crippen LogP contribution < -0.4 is 4.74 Å². The van der Waals surface area contributed by atoms with Crippen molar-refractivity contribution in [1.29, 1.82) is 0 Å². The van der Waals surface area contributed by atoms with Gasteiger partial charge in [-0.3, -0.25) is 14.4 Å². The Hall–Kier alpha value is -2.95. The minimum Gasteiger partial charge on any atom is -0.489 e. The number of ketones is 2. The first-order valence-electron chi connectivity index (χ1n) is 7.10. The number of hydrogen-bond donors (Lipinski definition) is 0. The number of benzene rings is 2. The van der Waals surface area contributed by atoms with Crippen LogP contribution in [-0.2, 0) is 16.1 Å². The standard InChI is InChI=1S/C18H14O5/c1-11-2-4-12(5-3-11)9-22-13-6-7-14-15(8-13)17(21)18(16(14)20)23-10-19/h2-8,10,18H,9H2,1H3. The van der Waals surface area contributed by atoms with Crippen LogP contribution in [0.25, 0.3) is 0 Å². The molecular weight excluding hydrogens is 296 g/mol. The van der Waals surface area contributed by atoms with Gasteiger partial charge in [0.2, 0.25) is 17.7 Å². The van der Waals surface area contributed by atoms with Crippen molar-refractivity contribution in [1.82, 2.24) is 0 Å². The molecule has 0 aliphatic heterocycles. The summed E-state index contributed by atoms with van der Waals surface area (Å²) in [5.41, 5.74) is 2.64. The van der Waals surface area contributed by atoms with E-state index in [-0.39, 0.29) is 17.6 Å². The Kier molecular flexibility index (Phi) is 3.93. The molecule has 23 heavy (non-hydrogen) atoms. The Morgan fingerprint density at radius 3 is 2.39 bits per heavy atom. The van der Waals surface area contributed by atoms with Gasteiger partial charge in [0.15, 0.2) is 0 Å². The summed E-state index contributed by atoms with van der Waals surface area (Å²) in [7, 11) is 0. The molecule has 1 unspecified atom stereocenters. The first-order chi connectivity index (χ1) is 11.1. The van der Waals surface area contributed by atoms with Gasteiger partial charge in [-0.25, -0.2) is 0 Å². The van der Waals surface area contributed by atoms with Crippen LogP contribution in [0.4, 0.5) is 0 Å². The molecule has 0 heterocycles. The Morgan fingerprint density at radius 1 is 1.00 bits per heavy atom. The second-order valence-electron chi connectivity index (χ2n) is 5.32. The fourth-order valence-corrected chi connectivity index (χ4v) is 2.46. The van der Waals surface area contributed by atoms with Crippen LogP contribution in [0.15, 0.2) is 42.5 Å². The molecule has 0 saturated carbocycles. The van der Waals surface area contributed by atoms with Crippen LogP contribution in [0.5, 0.6) is 5.75 Å². The van der Waals surface area contributed by atoms with Gasteiger partial charge in [-0.2, -0.15) is 0 Å². The predicted octanol–water partition coefficient (Wildman–Crippen LogP) is 2.49. The lowest BCUT2D eigenvalue weighted by atomic mass is 10.1. The largest absolute Gasteiger partial charge is 0.489 e. The van der Waals surface area contributed by atoms with Crippen molar-refractivity contribution in [2.75, 3.05) is 0 Å². The average molecular weight is 310 g/mol. The lowest BCUT2D eigenvalue weighted by Gasteiger charge is -2.07. The number of ether oxygens (including phenoxy) is 2. The maximum Gasteiger partial charge on any atom is 0.294 e. The molecule has 2 aromatic carbocycles. The summed E-state index contributed by atoms with van der Waals surface area (Å²) in [4.78, 5) is 34.5. The highest BCUT2D eigenvalue weighted by Gasteiger charge is 2.40. The van der Waals surface area contributed by atoms with Crippen LogP contribution in [0.3, 0.4) is 0 Å². The fourth-order valence-electron chi connectivity index (χ4n) is 2.46. The van der Waals surface area contributed by atoms with E-state index >= 15 is 0 Å². The molecular formula is C18H14O5. The van der Waals surface area contributed by atoms with Gasteiger partial charge in [-0.1, -0.05) is 29.8 Å². The molecule has 5 heteroatoms. The molecule has 3 rings (SSSR count). The van der Waals surface area contributed by atoms with Gasteiger partial charge in [0.25, 0.3) is 6.47 Å². The van der Waals surface area contributed by atoms with E-state index in [1.165, 1.54) is 12.1 Å². The van der Waals surface area contributed by atoms with Crippen molar-refractivity contribution in [3.8, 4) is 5.75 Å². The summed E-state index contributed by atoms with van der Waals surface area (Å²) in [5, 5.41) is 0. The summed E-state index contributed by atoms with van der Waals surface area (Å²) in [6.07, 6.45) is -1.37. The van der Waals surface area contributed by atoms with E-state index in [1.54, 1.807) is 6.07 Å². The molecule has 5 nitrogen and oxygen atoms in total. The molecule has 0 fully saturated rings. The number of fused-ring (bicyclic) bond motifs is 1. The van der Waals surface area contributed by atoms with E-state index in [0.717, 1.165) is 11.1 Å². The number of Topliss-reactive ketones (excluding diaryl/α,β-unsaturated/α-hetero) is 2. The third-order valence-corrected chi connectivity index (χ3v) is 3.72. The van der Waals surface area contributed by atoms with Gasteiger partial charge in [-0.15, -0.1) is 0 Å². The van der Waals surface area contributed by atoms with Gasteiger partial charge in [0.1, 0.15) is 12.4 Å². The number of aryl methyl sites for hydroxylation is 1. The predicted molar refractivity (Wildman–Crippen MR) is 81.6 cm³/mol. The van der Waals surface area contributed by atoms with Crippen molar-refractivity contribution >= 4 is 18.0 Å². The molecule has 0 spiro atoms. The Bertz CT molecular complexity index is 776. The van der Waals surface area contributed by atoms with Crippen molar-refractivity contribution in [3.05, 3.63) is 64.7 Å². The Balaban J connectivity index is 1.77. The zero-order valence-corrected chi connectivity index (χ0v) is 12.4. The van der Waals surface area contributed by atoms with Crippen LogP contribution in [0, 0.1) is 6.92 Å². The molecule has 0 bridgehead atoms. The molecule has 0 aromatic heterocycles. The van der Waals surface area contributed by atoms with Crippen LogP contribution in [0.1, 0.15) is 31.8 Å². The number of carbonyl (C=O) groups is 3. The lowest BCUT2D eigenvalue weighted by molar-refractivity contribution is -0.130. The highest BCUT2D eigenvalue weighted by molar-refractivity contribution is 6.29. The van der Waals surface area contributed by atoms with Crippen molar-refractivity contribution < 1.29 is 23.9 Å². The summed E-state index contributed by atoms with van der Waals surface area (Å²) in [5.74, 6) is -0.530. The number of rotatable bonds is 5. The fraction of sp³-hybridized carbons (Fsp3) is 0.167. The quantitative estimate of drug-likeness (QED) is 0.627. The summed E-state index contributed by atoms with van der Waals surface area (Å²) >= 11 is 0. The monoisotopic (exact) mass is 310 g/mol. The van der Waals surface area contributed by atoms with Crippen LogP contribution in [-0.4, -0.2) is 24.1 Å². The smallest absolute Gasteiger partial charge is 0.294 e. The molecule has 0 N–H and O–H groups in total. The van der Waals surface area contributed by atoms with Gasteiger partial charge in [0.05, 0.1) is 0 Å². The van der Waals surface area contributed by atoms with Gasteiger partial charge in [0, 0.05) is 11.1 Å². The zero-order chi connectivity index (χ0) is 16.4. The third-order valence-electron chi connectivity index (χ3n) is 3.72. The zero-order valence-electron chi connectivity index (χ0n) is 12.4. The molecule has 0 saturated heterocycles. The van der Waals surface area contributed by atoms with Crippen molar-refractivity contribution in [3.63, 3.8) is 0 Å². The molecule has 0 radical (unpaired) electrons. The highest BCUT2D eigenvalue weighted by atomic mass is 16.5. The maximum absolute atomic E-state index is 12.1. The van der Waals surface area contributed by atoms with Crippen molar-refractivity contribution in [2.24, 2.45) is 0 Å². The first-order valence-corrected chi connectivity index (χ1v) is 7.10. The summed E-state index contributed by atoms with van der Waals surface area (Å²) < 4.78 is 10.2. The number of carbonyl (C=O) groups excluding carboxylic acids is 3. The van der Waals surface area contributed by atoms with E-state index in [1.807, 2.05) is 31.2 Å². The van der Waals surface area contributed by atoms with E-state index in [0.29, 0.717) is 12.4 Å². The summed E-state index contributed by atoms with van der Waals surface area (Å²) in [6.45, 7) is 2.47. The topological polar surface area (TPSA) is 69.7 Å². The van der Waals surface area contributed by atoms with Crippen LogP contribution in [0.2, 0.25) is 0 Å². The average Bonchev–Trinajstić information content (AvgIpc) is 2.79. The lowest BCUT2D eigenvalue weighted by Crippen LogP contribution is -2.25. The molecule has 1 aliphatic carbocycles. The number of hydrogen-bond acceptors (Lipinski definition) is 5. The molecule has 1 atom stereocenters. The first kappa shape index (κ1) is 15.0. The van der Waals surface area contributed by atoms with Gasteiger partial charge >= 0.3 is 0 Å². The third kappa shape index (κ3) is 2.85. The molecule has 2 aromatic rings. The minimum absolute atomic E-state index is 0.112. The molecule has 0 amide bonds. The van der Waals surface area contributed by atoms with Crippen LogP contribution >= 0.6 is 0 Å². The summed E-state index contributed by atoms with van der Waals surface area (Å²) in [6, 6.07) is 12.6. The van der Waals surface area contributed by atoms with Gasteiger partial charge in [-0.05, 0) is 30.7 Å². The minimum atomic E-state index is -1.37. The SMILES string of the molecule is Cc1ccc(COc2ccc3c(c2)C(=O)C(OC=O)C3=O)cc1. The Morgan fingerprint density at radius 2 is 1.70 bits per heavy atom. The van der Waals surface area contributed by atoms with Gasteiger partial charge < -0.3 is 9.47 Å². The van der Waals surface area contributed by atoms with E-state index < -0.39 is 17.7 Å². The second kappa shape index (κ2) is 6.04. The van der Waals surface area contributed by atoms with Crippen molar-refractivity contribution in [2.45, 2.75) is 19.6 Å². The van der Waals surface area contributed by atoms with E-state index in [9.17, 15) is 14.4 Å². The normalized spacial score (nSPS) is 16.1. The maximum atomic E-state index is 12.1. The highest BCUT2D eigenvalue weighted by Crippen LogP contribution is 2.28.